The average Bonchev–Trinajstić information content (AvgIpc) is 3.08. The minimum atomic E-state index is -3.87. The molecule has 50 heavy (non-hydrogen) atoms. The van der Waals surface area contributed by atoms with Crippen molar-refractivity contribution in [2.24, 2.45) is 10.9 Å². The number of amides is 2. The summed E-state index contributed by atoms with van der Waals surface area (Å²) in [6, 6.07) is 14.5. The second-order valence-electron chi connectivity index (χ2n) is 12.7. The van der Waals surface area contributed by atoms with Crippen molar-refractivity contribution >= 4 is 33.4 Å². The summed E-state index contributed by atoms with van der Waals surface area (Å²) in [5.74, 6) is -4.22. The van der Waals surface area contributed by atoms with E-state index in [0.29, 0.717) is 13.1 Å². The van der Waals surface area contributed by atoms with Crippen LogP contribution in [0.3, 0.4) is 0 Å². The predicted molar refractivity (Wildman–Crippen MR) is 182 cm³/mol. The van der Waals surface area contributed by atoms with Crippen LogP contribution in [0.15, 0.2) is 76.6 Å². The first-order valence-electron chi connectivity index (χ1n) is 16.4. The molecule has 2 saturated heterocycles. The molecule has 0 saturated carbocycles. The molecule has 3 aromatic carbocycles. The first-order chi connectivity index (χ1) is 23.9. The van der Waals surface area contributed by atoms with Gasteiger partial charge in [-0.2, -0.15) is 9.30 Å². The number of piperazine rings is 1. The number of methoxy groups -OCH3 is 1. The highest BCUT2D eigenvalue weighted by Crippen LogP contribution is 2.44. The summed E-state index contributed by atoms with van der Waals surface area (Å²) in [4.78, 5) is 30.9. The lowest BCUT2D eigenvalue weighted by Crippen LogP contribution is -2.58. The average molecular weight is 715 g/mol. The van der Waals surface area contributed by atoms with Crippen molar-refractivity contribution < 1.29 is 40.7 Å². The van der Waals surface area contributed by atoms with Crippen molar-refractivity contribution in [3.63, 3.8) is 0 Å². The fourth-order valence-electron chi connectivity index (χ4n) is 7.24. The van der Waals surface area contributed by atoms with E-state index in [9.17, 15) is 26.8 Å². The van der Waals surface area contributed by atoms with Crippen molar-refractivity contribution in [1.82, 2.24) is 9.62 Å². The Bertz CT molecular complexity index is 1820. The number of benzene rings is 3. The molecule has 5 rings (SSSR count). The van der Waals surface area contributed by atoms with Crippen molar-refractivity contribution in [3.8, 4) is 0 Å². The molecule has 3 unspecified atom stereocenters. The van der Waals surface area contributed by atoms with Gasteiger partial charge in [-0.1, -0.05) is 24.3 Å². The zero-order chi connectivity index (χ0) is 36.1. The van der Waals surface area contributed by atoms with Crippen LogP contribution in [0.2, 0.25) is 0 Å². The minimum absolute atomic E-state index is 0.0305. The number of rotatable bonds is 10. The molecule has 2 aliphatic heterocycles. The Morgan fingerprint density at radius 3 is 2.38 bits per heavy atom. The van der Waals surface area contributed by atoms with Gasteiger partial charge in [-0.15, -0.1) is 0 Å². The molecular formula is C36H41F3N4O6S. The standard InChI is InChI=1S/C36H41F3N4O6S/c1-23-21-40-22-28(43(23)50(46,47)29-8-5-4-6-9-29)12-13-30-31(39)10-7-11-32(30)42-34(44)33(24(2)41-35(45)48-3)36(14-16-49-17-15-36)25-18-26(37)20-27(38)19-25/h4-11,18-20,23,28,33,40H,12-17,21-22H2,1-3H3,(H,42,44). The molecule has 0 aliphatic carbocycles. The Kier molecular flexibility index (Phi) is 11.8. The fourth-order valence-corrected chi connectivity index (χ4v) is 9.10. The van der Waals surface area contributed by atoms with Crippen molar-refractivity contribution in [2.75, 3.05) is 38.7 Å². The highest BCUT2D eigenvalue weighted by Gasteiger charge is 2.48. The third-order valence-corrected chi connectivity index (χ3v) is 11.6. The zero-order valence-corrected chi connectivity index (χ0v) is 28.9. The number of ether oxygens (including phenoxy) is 2. The number of halogens is 3. The van der Waals surface area contributed by atoms with Gasteiger partial charge >= 0.3 is 6.09 Å². The van der Waals surface area contributed by atoms with Gasteiger partial charge in [0, 0.05) is 66.8 Å². The molecule has 0 aromatic heterocycles. The Morgan fingerprint density at radius 1 is 1.04 bits per heavy atom. The third kappa shape index (κ3) is 7.93. The van der Waals surface area contributed by atoms with Gasteiger partial charge in [-0.05, 0) is 81.5 Å². The highest BCUT2D eigenvalue weighted by atomic mass is 32.2. The van der Waals surface area contributed by atoms with Gasteiger partial charge in [0.25, 0.3) is 0 Å². The lowest BCUT2D eigenvalue weighted by atomic mass is 9.63. The van der Waals surface area contributed by atoms with Crippen molar-refractivity contribution in [1.29, 1.82) is 0 Å². The molecule has 0 spiro atoms. The molecule has 0 radical (unpaired) electrons. The Labute approximate surface area is 290 Å². The largest absolute Gasteiger partial charge is 0.451 e. The summed E-state index contributed by atoms with van der Waals surface area (Å²) in [5.41, 5.74) is -0.752. The molecule has 268 valence electrons. The Hall–Kier alpha value is -4.11. The van der Waals surface area contributed by atoms with Crippen LogP contribution in [0.1, 0.15) is 44.2 Å². The summed E-state index contributed by atoms with van der Waals surface area (Å²) in [7, 11) is -2.74. The van der Waals surface area contributed by atoms with E-state index in [1.807, 2.05) is 6.92 Å². The summed E-state index contributed by atoms with van der Waals surface area (Å²) in [6.07, 6.45) is -0.350. The Balaban J connectivity index is 1.49. The lowest BCUT2D eigenvalue weighted by Gasteiger charge is -2.43. The molecule has 2 aliphatic rings. The fraction of sp³-hybridized carbons (Fsp3) is 0.417. The van der Waals surface area contributed by atoms with Gasteiger partial charge in [-0.3, -0.25) is 4.79 Å². The Morgan fingerprint density at radius 2 is 1.72 bits per heavy atom. The SMILES string of the molecule is COC(=O)N=C(C)C(C(=O)Nc1cccc(F)c1CCC1CNCC(C)N1S(=O)(=O)c1ccccc1)C1(c2cc(F)cc(F)c2)CCOCC1. The lowest BCUT2D eigenvalue weighted by molar-refractivity contribution is -0.121. The van der Waals surface area contributed by atoms with Gasteiger partial charge in [0.05, 0.1) is 17.9 Å². The monoisotopic (exact) mass is 714 g/mol. The summed E-state index contributed by atoms with van der Waals surface area (Å²) in [5, 5.41) is 6.08. The van der Waals surface area contributed by atoms with Crippen LogP contribution in [0.4, 0.5) is 23.7 Å². The van der Waals surface area contributed by atoms with E-state index in [1.54, 1.807) is 18.2 Å². The van der Waals surface area contributed by atoms with E-state index in [0.717, 1.165) is 25.3 Å². The molecule has 3 atom stereocenters. The second-order valence-corrected chi connectivity index (χ2v) is 14.5. The number of hydrogen-bond acceptors (Lipinski definition) is 7. The molecule has 0 bridgehead atoms. The van der Waals surface area contributed by atoms with Crippen molar-refractivity contribution in [2.45, 2.75) is 61.9 Å². The molecule has 14 heteroatoms. The minimum Gasteiger partial charge on any atom is -0.451 e. The van der Waals surface area contributed by atoms with Gasteiger partial charge in [0.2, 0.25) is 15.9 Å². The number of aliphatic imine (C=N–C) groups is 1. The van der Waals surface area contributed by atoms with E-state index in [4.69, 9.17) is 9.47 Å². The van der Waals surface area contributed by atoms with Gasteiger partial charge in [0.15, 0.2) is 0 Å². The number of anilines is 1. The topological polar surface area (TPSA) is 126 Å². The van der Waals surface area contributed by atoms with Crippen LogP contribution in [0.25, 0.3) is 0 Å². The number of carbonyl (C=O) groups excluding carboxylic acids is 2. The van der Waals surface area contributed by atoms with Gasteiger partial charge < -0.3 is 20.1 Å². The van der Waals surface area contributed by atoms with Crippen LogP contribution in [-0.4, -0.2) is 75.9 Å². The number of sulfonamides is 1. The number of carbonyl (C=O) groups is 2. The van der Waals surface area contributed by atoms with Crippen LogP contribution in [0.5, 0.6) is 0 Å². The summed E-state index contributed by atoms with van der Waals surface area (Å²) < 4.78 is 84.1. The van der Waals surface area contributed by atoms with Crippen molar-refractivity contribution in [3.05, 3.63) is 95.3 Å². The van der Waals surface area contributed by atoms with Gasteiger partial charge in [0.1, 0.15) is 17.5 Å². The molecular weight excluding hydrogens is 673 g/mol. The molecule has 3 aromatic rings. The van der Waals surface area contributed by atoms with Crippen LogP contribution < -0.4 is 10.6 Å². The number of nitrogens with one attached hydrogen (secondary N) is 2. The quantitative estimate of drug-likeness (QED) is 0.261. The summed E-state index contributed by atoms with van der Waals surface area (Å²) in [6.45, 7) is 4.37. The van der Waals surface area contributed by atoms with E-state index in [-0.39, 0.29) is 72.4 Å². The van der Waals surface area contributed by atoms with Gasteiger partial charge in [-0.25, -0.2) is 26.4 Å². The maximum Gasteiger partial charge on any atom is 0.433 e. The first-order valence-corrected chi connectivity index (χ1v) is 17.9. The normalized spacial score (nSPS) is 20.6. The number of hydrogen-bond donors (Lipinski definition) is 2. The van der Waals surface area contributed by atoms with E-state index in [2.05, 4.69) is 15.6 Å². The van der Waals surface area contributed by atoms with Crippen LogP contribution in [0, 0.1) is 23.4 Å². The maximum atomic E-state index is 15.6. The second kappa shape index (κ2) is 15.8. The predicted octanol–water partition coefficient (Wildman–Crippen LogP) is 5.62. The smallest absolute Gasteiger partial charge is 0.433 e. The molecule has 10 nitrogen and oxygen atoms in total. The van der Waals surface area contributed by atoms with E-state index in [1.165, 1.54) is 41.6 Å². The molecule has 2 fully saturated rings. The van der Waals surface area contributed by atoms with Crippen LogP contribution in [-0.2, 0) is 36.1 Å². The van der Waals surface area contributed by atoms with E-state index >= 15 is 4.39 Å². The van der Waals surface area contributed by atoms with Crippen LogP contribution >= 0.6 is 0 Å². The number of nitrogens with zero attached hydrogens (tertiary/aromatic N) is 2. The van der Waals surface area contributed by atoms with E-state index < -0.39 is 56.9 Å². The molecule has 2 amide bonds. The zero-order valence-electron chi connectivity index (χ0n) is 28.1. The molecule has 2 heterocycles. The highest BCUT2D eigenvalue weighted by molar-refractivity contribution is 7.89. The first kappa shape index (κ1) is 37.2. The third-order valence-electron chi connectivity index (χ3n) is 9.53. The maximum absolute atomic E-state index is 15.6. The molecule has 2 N–H and O–H groups in total. The summed E-state index contributed by atoms with van der Waals surface area (Å²) >= 11 is 0.